The number of amides is 2. The molecule has 0 aromatic carbocycles. The Bertz CT molecular complexity index is 639. The zero-order valence-corrected chi connectivity index (χ0v) is 20.9. The maximum Gasteiger partial charge on any atom is 0.410 e. The molecule has 0 aliphatic heterocycles. The van der Waals surface area contributed by atoms with Crippen LogP contribution in [0.2, 0.25) is 0 Å². The highest BCUT2D eigenvalue weighted by atomic mass is 33.1. The number of aromatic nitrogens is 1. The summed E-state index contributed by atoms with van der Waals surface area (Å²) in [5.74, 6) is 0.753. The first-order chi connectivity index (χ1) is 13.8. The maximum atomic E-state index is 12.4. The van der Waals surface area contributed by atoms with Crippen LogP contribution in [0, 0.1) is 5.92 Å². The van der Waals surface area contributed by atoms with Crippen LogP contribution in [-0.4, -0.2) is 71.1 Å². The number of ether oxygens (including phenoxy) is 2. The quantitative estimate of drug-likeness (QED) is 0.499. The molecule has 0 radical (unpaired) electrons. The molecule has 2 amide bonds. The highest BCUT2D eigenvalue weighted by molar-refractivity contribution is 8.76. The second-order valence-electron chi connectivity index (χ2n) is 9.12. The molecule has 1 rings (SSSR count). The number of pyridine rings is 1. The predicted octanol–water partition coefficient (Wildman–Crippen LogP) is 5.17. The Morgan fingerprint density at radius 3 is 1.87 bits per heavy atom. The van der Waals surface area contributed by atoms with E-state index >= 15 is 0 Å². The van der Waals surface area contributed by atoms with E-state index in [9.17, 15) is 9.59 Å². The van der Waals surface area contributed by atoms with Crippen LogP contribution in [0.15, 0.2) is 29.4 Å². The summed E-state index contributed by atoms with van der Waals surface area (Å²) in [6.07, 6.45) is 0.997. The molecule has 0 aliphatic rings. The SMILES string of the molecule is CN(CC(CSSc1ccccn1)CN(C)C(=O)OC(C)(C)C)C(=O)OC(C)(C)C. The van der Waals surface area contributed by atoms with Gasteiger partial charge in [-0.2, -0.15) is 0 Å². The van der Waals surface area contributed by atoms with Crippen molar-refractivity contribution in [3.63, 3.8) is 0 Å². The third-order valence-corrected chi connectivity index (χ3v) is 5.97. The fourth-order valence-corrected chi connectivity index (χ4v) is 4.62. The van der Waals surface area contributed by atoms with Gasteiger partial charge in [0.25, 0.3) is 0 Å². The Morgan fingerprint density at radius 1 is 0.967 bits per heavy atom. The Kier molecular flexibility index (Phi) is 10.3. The van der Waals surface area contributed by atoms with Crippen molar-refractivity contribution >= 4 is 33.8 Å². The summed E-state index contributed by atoms with van der Waals surface area (Å²) in [4.78, 5) is 32.2. The van der Waals surface area contributed by atoms with Crippen LogP contribution in [0.3, 0.4) is 0 Å². The van der Waals surface area contributed by atoms with Gasteiger partial charge in [0.1, 0.15) is 16.2 Å². The summed E-state index contributed by atoms with van der Waals surface area (Å²) in [7, 11) is 6.65. The highest BCUT2D eigenvalue weighted by Crippen LogP contribution is 2.31. The van der Waals surface area contributed by atoms with Crippen LogP contribution in [0.5, 0.6) is 0 Å². The van der Waals surface area contributed by atoms with Crippen molar-refractivity contribution in [2.24, 2.45) is 5.92 Å². The number of rotatable bonds is 8. The molecule has 0 saturated heterocycles. The number of hydrogen-bond acceptors (Lipinski definition) is 7. The van der Waals surface area contributed by atoms with Gasteiger partial charge in [-0.05, 0) is 64.5 Å². The van der Waals surface area contributed by atoms with Crippen molar-refractivity contribution in [2.75, 3.05) is 32.9 Å². The van der Waals surface area contributed by atoms with E-state index in [4.69, 9.17) is 9.47 Å². The molecular weight excluding hydrogens is 422 g/mol. The van der Waals surface area contributed by atoms with Crippen molar-refractivity contribution in [1.82, 2.24) is 14.8 Å². The van der Waals surface area contributed by atoms with Crippen molar-refractivity contribution in [3.05, 3.63) is 24.4 Å². The Balaban J connectivity index is 2.74. The van der Waals surface area contributed by atoms with Gasteiger partial charge >= 0.3 is 12.2 Å². The molecule has 1 heterocycles. The normalized spacial score (nSPS) is 11.9. The van der Waals surface area contributed by atoms with Gasteiger partial charge in [-0.25, -0.2) is 14.6 Å². The first-order valence-electron chi connectivity index (χ1n) is 9.85. The molecule has 170 valence electrons. The monoisotopic (exact) mass is 457 g/mol. The lowest BCUT2D eigenvalue weighted by atomic mass is 10.1. The zero-order chi connectivity index (χ0) is 22.9. The number of nitrogens with zero attached hydrogens (tertiary/aromatic N) is 3. The van der Waals surface area contributed by atoms with Gasteiger partial charge in [-0.3, -0.25) is 0 Å². The van der Waals surface area contributed by atoms with Crippen molar-refractivity contribution in [3.8, 4) is 0 Å². The third-order valence-electron chi connectivity index (χ3n) is 3.56. The van der Waals surface area contributed by atoms with E-state index in [1.807, 2.05) is 59.7 Å². The van der Waals surface area contributed by atoms with Crippen LogP contribution in [0.1, 0.15) is 41.5 Å². The van der Waals surface area contributed by atoms with Gasteiger partial charge in [0, 0.05) is 45.1 Å². The molecule has 30 heavy (non-hydrogen) atoms. The molecule has 0 unspecified atom stereocenters. The van der Waals surface area contributed by atoms with E-state index < -0.39 is 11.2 Å². The molecule has 0 spiro atoms. The molecular formula is C21H35N3O4S2. The molecule has 9 heteroatoms. The first kappa shape index (κ1) is 26.4. The molecule has 0 saturated carbocycles. The van der Waals surface area contributed by atoms with E-state index in [0.717, 1.165) is 10.8 Å². The van der Waals surface area contributed by atoms with E-state index in [1.165, 1.54) is 0 Å². The molecule has 7 nitrogen and oxygen atoms in total. The van der Waals surface area contributed by atoms with Crippen LogP contribution in [0.4, 0.5) is 9.59 Å². The minimum Gasteiger partial charge on any atom is -0.444 e. The van der Waals surface area contributed by atoms with Crippen LogP contribution in [-0.2, 0) is 9.47 Å². The number of carbonyl (C=O) groups is 2. The summed E-state index contributed by atoms with van der Waals surface area (Å²) >= 11 is 0. The largest absolute Gasteiger partial charge is 0.444 e. The molecule has 0 atom stereocenters. The summed E-state index contributed by atoms with van der Waals surface area (Å²) in [6.45, 7) is 11.9. The zero-order valence-electron chi connectivity index (χ0n) is 19.3. The second-order valence-corrected chi connectivity index (χ2v) is 11.5. The fraction of sp³-hybridized carbons (Fsp3) is 0.667. The average molecular weight is 458 g/mol. The van der Waals surface area contributed by atoms with Crippen molar-refractivity contribution in [2.45, 2.75) is 57.8 Å². The molecule has 0 fully saturated rings. The molecule has 0 bridgehead atoms. The summed E-state index contributed by atoms with van der Waals surface area (Å²) in [5.41, 5.74) is -1.12. The smallest absolute Gasteiger partial charge is 0.410 e. The molecule has 0 aliphatic carbocycles. The topological polar surface area (TPSA) is 72.0 Å². The average Bonchev–Trinajstić information content (AvgIpc) is 2.59. The predicted molar refractivity (Wildman–Crippen MR) is 124 cm³/mol. The summed E-state index contributed by atoms with van der Waals surface area (Å²) < 4.78 is 10.9. The fourth-order valence-electron chi connectivity index (χ4n) is 2.35. The van der Waals surface area contributed by atoms with Crippen molar-refractivity contribution < 1.29 is 19.1 Å². The van der Waals surface area contributed by atoms with Crippen LogP contribution in [0.25, 0.3) is 0 Å². The minimum atomic E-state index is -0.558. The molecule has 1 aromatic rings. The molecule has 0 N–H and O–H groups in total. The lowest BCUT2D eigenvalue weighted by Crippen LogP contribution is -2.42. The van der Waals surface area contributed by atoms with Crippen LogP contribution >= 0.6 is 21.6 Å². The van der Waals surface area contributed by atoms with Gasteiger partial charge in [0.15, 0.2) is 0 Å². The maximum absolute atomic E-state index is 12.4. The van der Waals surface area contributed by atoms with Gasteiger partial charge in [0.2, 0.25) is 0 Å². The number of carbonyl (C=O) groups excluding carboxylic acids is 2. The Morgan fingerprint density at radius 2 is 1.47 bits per heavy atom. The standard InChI is InChI=1S/C21H35N3O4S2/c1-20(2,3)27-18(25)23(7)13-16(14-24(8)19(26)28-21(4,5)6)15-29-30-17-11-9-10-12-22-17/h9-12,16H,13-15H2,1-8H3. The Labute approximate surface area is 188 Å². The lowest BCUT2D eigenvalue weighted by Gasteiger charge is -2.30. The highest BCUT2D eigenvalue weighted by Gasteiger charge is 2.26. The molecule has 1 aromatic heterocycles. The van der Waals surface area contributed by atoms with Crippen molar-refractivity contribution in [1.29, 1.82) is 0 Å². The lowest BCUT2D eigenvalue weighted by molar-refractivity contribution is 0.0223. The van der Waals surface area contributed by atoms with E-state index in [2.05, 4.69) is 4.98 Å². The van der Waals surface area contributed by atoms with E-state index in [1.54, 1.807) is 51.7 Å². The van der Waals surface area contributed by atoms with E-state index in [0.29, 0.717) is 13.1 Å². The van der Waals surface area contributed by atoms with Gasteiger partial charge in [-0.1, -0.05) is 16.9 Å². The van der Waals surface area contributed by atoms with E-state index in [-0.39, 0.29) is 18.1 Å². The van der Waals surface area contributed by atoms with Gasteiger partial charge in [0.05, 0.1) is 0 Å². The van der Waals surface area contributed by atoms with Gasteiger partial charge in [-0.15, -0.1) is 0 Å². The minimum absolute atomic E-state index is 0.0289. The van der Waals surface area contributed by atoms with Crippen LogP contribution < -0.4 is 0 Å². The first-order valence-corrected chi connectivity index (χ1v) is 12.2. The summed E-state index contributed by atoms with van der Waals surface area (Å²) in [5, 5.41) is 0.919. The number of hydrogen-bond donors (Lipinski definition) is 0. The summed E-state index contributed by atoms with van der Waals surface area (Å²) in [6, 6.07) is 5.77. The second kappa shape index (κ2) is 11.7. The Hall–Kier alpha value is -1.61. The van der Waals surface area contributed by atoms with Gasteiger partial charge < -0.3 is 19.3 Å². The third kappa shape index (κ3) is 11.5.